The number of nitrogens with one attached hydrogen (secondary N) is 1. The topological polar surface area (TPSA) is 114 Å². The molecule has 1 saturated heterocycles. The van der Waals surface area contributed by atoms with E-state index < -0.39 is 20.0 Å². The van der Waals surface area contributed by atoms with Crippen molar-refractivity contribution in [2.45, 2.75) is 24.3 Å². The Morgan fingerprint density at radius 1 is 1.10 bits per heavy atom. The standard InChI is InChI=1S/C20H20N2O6S3/c23-20(18-4-3-12-28-18)19-10-7-16(29-19)14-21-31(26,27)17-8-5-15(6-9-17)22-11-1-2-13-30(22,24)25/h3-10,12,21H,1-2,11,13-14H2. The Morgan fingerprint density at radius 3 is 2.55 bits per heavy atom. The van der Waals surface area contributed by atoms with Crippen molar-refractivity contribution in [3.05, 3.63) is 70.3 Å². The zero-order valence-electron chi connectivity index (χ0n) is 16.4. The molecule has 2 aromatic heterocycles. The summed E-state index contributed by atoms with van der Waals surface area (Å²) in [6.45, 7) is 0.421. The van der Waals surface area contributed by atoms with Crippen LogP contribution in [0.4, 0.5) is 5.69 Å². The van der Waals surface area contributed by atoms with Crippen LogP contribution in [0.25, 0.3) is 0 Å². The lowest BCUT2D eigenvalue weighted by molar-refractivity contribution is 0.101. The van der Waals surface area contributed by atoms with Crippen LogP contribution in [-0.4, -0.2) is 34.9 Å². The summed E-state index contributed by atoms with van der Waals surface area (Å²) >= 11 is 1.19. The molecule has 3 heterocycles. The van der Waals surface area contributed by atoms with Gasteiger partial charge in [0.25, 0.3) is 0 Å². The van der Waals surface area contributed by atoms with E-state index >= 15 is 0 Å². The van der Waals surface area contributed by atoms with Gasteiger partial charge in [0, 0.05) is 18.0 Å². The molecule has 1 aliphatic rings. The number of furan rings is 1. The third kappa shape index (κ3) is 4.74. The van der Waals surface area contributed by atoms with E-state index in [-0.39, 0.29) is 28.7 Å². The van der Waals surface area contributed by atoms with Gasteiger partial charge in [-0.05, 0) is 61.4 Å². The van der Waals surface area contributed by atoms with Gasteiger partial charge >= 0.3 is 0 Å². The lowest BCUT2D eigenvalue weighted by atomic mass is 10.2. The molecule has 0 radical (unpaired) electrons. The van der Waals surface area contributed by atoms with Gasteiger partial charge in [-0.3, -0.25) is 9.10 Å². The third-order valence-electron chi connectivity index (χ3n) is 4.85. The summed E-state index contributed by atoms with van der Waals surface area (Å²) in [4.78, 5) is 13.4. The number of carbonyl (C=O) groups is 1. The molecule has 0 saturated carbocycles. The van der Waals surface area contributed by atoms with E-state index in [1.165, 1.54) is 46.2 Å². The average molecular weight is 481 g/mol. The third-order valence-corrected chi connectivity index (χ3v) is 9.22. The van der Waals surface area contributed by atoms with Gasteiger partial charge in [0.2, 0.25) is 25.8 Å². The Bertz CT molecular complexity index is 1280. The highest BCUT2D eigenvalue weighted by molar-refractivity contribution is 7.92. The number of carbonyl (C=O) groups excluding carboxylic acids is 1. The molecule has 0 amide bonds. The molecule has 0 spiro atoms. The van der Waals surface area contributed by atoms with E-state index in [2.05, 4.69) is 4.72 Å². The van der Waals surface area contributed by atoms with E-state index in [1.807, 2.05) is 0 Å². The number of rotatable bonds is 7. The number of benzene rings is 1. The summed E-state index contributed by atoms with van der Waals surface area (Å²) in [7, 11) is -7.16. The monoisotopic (exact) mass is 480 g/mol. The summed E-state index contributed by atoms with van der Waals surface area (Å²) in [5.74, 6) is 0.0666. The maximum atomic E-state index is 12.6. The highest BCUT2D eigenvalue weighted by Crippen LogP contribution is 2.25. The number of ketones is 1. The molecule has 1 aromatic carbocycles. The summed E-state index contributed by atoms with van der Waals surface area (Å²) in [5, 5.41) is 0. The molecule has 0 atom stereocenters. The number of anilines is 1. The summed E-state index contributed by atoms with van der Waals surface area (Å²) in [6.07, 6.45) is 2.82. The normalized spacial score (nSPS) is 16.3. The average Bonchev–Trinajstić information content (AvgIpc) is 3.44. The van der Waals surface area contributed by atoms with Crippen LogP contribution in [-0.2, 0) is 26.6 Å². The number of hydrogen-bond donors (Lipinski definition) is 1. The van der Waals surface area contributed by atoms with Gasteiger partial charge < -0.3 is 4.42 Å². The predicted molar refractivity (Wildman–Crippen MR) is 117 cm³/mol. The lowest BCUT2D eigenvalue weighted by Crippen LogP contribution is -2.37. The second-order valence-corrected chi connectivity index (χ2v) is 11.9. The van der Waals surface area contributed by atoms with E-state index in [0.717, 1.165) is 6.42 Å². The Kier molecular flexibility index (Phi) is 6.02. The van der Waals surface area contributed by atoms with E-state index in [0.29, 0.717) is 28.4 Å². The first-order valence-electron chi connectivity index (χ1n) is 9.53. The van der Waals surface area contributed by atoms with Crippen molar-refractivity contribution in [2.75, 3.05) is 16.6 Å². The largest absolute Gasteiger partial charge is 0.461 e. The van der Waals surface area contributed by atoms with Gasteiger partial charge in [-0.25, -0.2) is 21.6 Å². The molecule has 4 rings (SSSR count). The molecular formula is C20H20N2O6S3. The Morgan fingerprint density at radius 2 is 1.87 bits per heavy atom. The molecule has 164 valence electrons. The lowest BCUT2D eigenvalue weighted by Gasteiger charge is -2.28. The minimum atomic E-state index is -3.80. The molecule has 3 aromatic rings. The molecule has 0 bridgehead atoms. The summed E-state index contributed by atoms with van der Waals surface area (Å²) in [5.41, 5.74) is 0.456. The van der Waals surface area contributed by atoms with Crippen molar-refractivity contribution in [1.82, 2.24) is 4.72 Å². The summed E-state index contributed by atoms with van der Waals surface area (Å²) in [6, 6.07) is 12.3. The number of thiophene rings is 1. The van der Waals surface area contributed by atoms with Crippen LogP contribution in [0, 0.1) is 0 Å². The Balaban J connectivity index is 1.43. The van der Waals surface area contributed by atoms with Crippen molar-refractivity contribution in [1.29, 1.82) is 0 Å². The molecular weight excluding hydrogens is 460 g/mol. The quantitative estimate of drug-likeness (QED) is 0.520. The molecule has 1 fully saturated rings. The Labute approximate surface area is 184 Å². The van der Waals surface area contributed by atoms with Crippen LogP contribution in [0.3, 0.4) is 0 Å². The fourth-order valence-corrected chi connectivity index (χ4v) is 6.87. The fraction of sp³-hybridized carbons (Fsp3) is 0.250. The minimum Gasteiger partial charge on any atom is -0.461 e. The van der Waals surface area contributed by atoms with E-state index in [9.17, 15) is 21.6 Å². The van der Waals surface area contributed by atoms with Gasteiger partial charge in [0.1, 0.15) is 0 Å². The van der Waals surface area contributed by atoms with Crippen LogP contribution >= 0.6 is 11.3 Å². The molecule has 31 heavy (non-hydrogen) atoms. The zero-order chi connectivity index (χ0) is 22.1. The SMILES string of the molecule is O=C(c1ccco1)c1ccc(CNS(=O)(=O)c2ccc(N3CCCCS3(=O)=O)cc2)s1. The van der Waals surface area contributed by atoms with Crippen molar-refractivity contribution in [3.63, 3.8) is 0 Å². The van der Waals surface area contributed by atoms with E-state index in [4.69, 9.17) is 4.42 Å². The summed E-state index contributed by atoms with van der Waals surface area (Å²) < 4.78 is 58.6. The van der Waals surface area contributed by atoms with Crippen molar-refractivity contribution < 1.29 is 26.0 Å². The van der Waals surface area contributed by atoms with Crippen LogP contribution in [0.1, 0.15) is 33.2 Å². The fourth-order valence-electron chi connectivity index (χ4n) is 3.24. The first-order valence-corrected chi connectivity index (χ1v) is 13.4. The molecule has 11 heteroatoms. The van der Waals surface area contributed by atoms with Crippen molar-refractivity contribution >= 4 is 42.9 Å². The second kappa shape index (κ2) is 8.58. The smallest absolute Gasteiger partial charge is 0.240 e. The maximum Gasteiger partial charge on any atom is 0.240 e. The van der Waals surface area contributed by atoms with Crippen LogP contribution in [0.15, 0.2) is 64.1 Å². The van der Waals surface area contributed by atoms with Gasteiger partial charge in [-0.2, -0.15) is 0 Å². The highest BCUT2D eigenvalue weighted by Gasteiger charge is 2.26. The number of hydrogen-bond acceptors (Lipinski definition) is 7. The van der Waals surface area contributed by atoms with Crippen LogP contribution < -0.4 is 9.03 Å². The van der Waals surface area contributed by atoms with Crippen molar-refractivity contribution in [2.24, 2.45) is 0 Å². The van der Waals surface area contributed by atoms with Crippen molar-refractivity contribution in [3.8, 4) is 0 Å². The molecule has 8 nitrogen and oxygen atoms in total. The minimum absolute atomic E-state index is 0.0285. The highest BCUT2D eigenvalue weighted by atomic mass is 32.2. The van der Waals surface area contributed by atoms with Gasteiger partial charge in [-0.1, -0.05) is 0 Å². The zero-order valence-corrected chi connectivity index (χ0v) is 18.8. The number of sulfonamides is 2. The first kappa shape index (κ1) is 21.8. The van der Waals surface area contributed by atoms with Gasteiger partial charge in [-0.15, -0.1) is 11.3 Å². The second-order valence-electron chi connectivity index (χ2n) is 6.99. The maximum absolute atomic E-state index is 12.6. The Hall–Kier alpha value is -2.47. The molecule has 1 N–H and O–H groups in total. The van der Waals surface area contributed by atoms with E-state index in [1.54, 1.807) is 24.3 Å². The van der Waals surface area contributed by atoms with Gasteiger partial charge in [0.15, 0.2) is 5.76 Å². The molecule has 0 aliphatic carbocycles. The number of nitrogens with zero attached hydrogens (tertiary/aromatic N) is 1. The van der Waals surface area contributed by atoms with Crippen LogP contribution in [0.5, 0.6) is 0 Å². The van der Waals surface area contributed by atoms with Gasteiger partial charge in [0.05, 0.1) is 27.5 Å². The predicted octanol–water partition coefficient (Wildman–Crippen LogP) is 2.98. The molecule has 0 unspecified atom stereocenters. The molecule has 1 aliphatic heterocycles. The first-order chi connectivity index (χ1) is 14.8. The van der Waals surface area contributed by atoms with Crippen LogP contribution in [0.2, 0.25) is 0 Å².